The van der Waals surface area contributed by atoms with Gasteiger partial charge in [-0.3, -0.25) is 9.59 Å². The summed E-state index contributed by atoms with van der Waals surface area (Å²) in [6.07, 6.45) is -18.3. The van der Waals surface area contributed by atoms with Crippen molar-refractivity contribution in [1.29, 1.82) is 0 Å². The maximum atomic E-state index is 15.0. The van der Waals surface area contributed by atoms with E-state index in [2.05, 4.69) is 0 Å². The van der Waals surface area contributed by atoms with Crippen molar-refractivity contribution in [3.05, 3.63) is 74.3 Å². The fraction of sp³-hybridized carbons (Fsp3) is 0.385. The molecule has 40 heavy (non-hydrogen) atoms. The van der Waals surface area contributed by atoms with Gasteiger partial charge in [0.2, 0.25) is 0 Å². The van der Waals surface area contributed by atoms with Gasteiger partial charge in [-0.05, 0) is 42.2 Å². The van der Waals surface area contributed by atoms with Gasteiger partial charge in [-0.1, -0.05) is 48.3 Å². The summed E-state index contributed by atoms with van der Waals surface area (Å²) in [7, 11) is 0. The molecule has 2 aromatic carbocycles. The Labute approximate surface area is 231 Å². The van der Waals surface area contributed by atoms with Gasteiger partial charge in [0.1, 0.15) is 23.9 Å². The summed E-state index contributed by atoms with van der Waals surface area (Å²) in [5, 5.41) is -0.291. The second-order valence-electron chi connectivity index (χ2n) is 9.19. The van der Waals surface area contributed by atoms with E-state index in [1.165, 1.54) is 13.8 Å². The first-order valence-corrected chi connectivity index (χ1v) is 12.1. The van der Waals surface area contributed by atoms with Crippen molar-refractivity contribution in [3.8, 4) is 0 Å². The number of alkyl halides is 9. The van der Waals surface area contributed by atoms with E-state index >= 15 is 0 Å². The average Bonchev–Trinajstić information content (AvgIpc) is 2.77. The number of hydrogen-bond acceptors (Lipinski definition) is 2. The number of carbonyl (C=O) groups excluding carboxylic acids is 2. The van der Waals surface area contributed by atoms with E-state index in [0.717, 1.165) is 12.1 Å². The molecule has 1 unspecified atom stereocenters. The first-order valence-electron chi connectivity index (χ1n) is 11.3. The molecule has 2 rings (SSSR count). The van der Waals surface area contributed by atoms with Crippen LogP contribution in [-0.2, 0) is 11.0 Å². The predicted octanol–water partition coefficient (Wildman–Crippen LogP) is 10.1. The lowest BCUT2D eigenvalue weighted by Gasteiger charge is -2.20. The third kappa shape index (κ3) is 9.22. The highest BCUT2D eigenvalue weighted by Gasteiger charge is 2.41. The predicted molar refractivity (Wildman–Crippen MR) is 129 cm³/mol. The maximum Gasteiger partial charge on any atom is 0.417 e. The molecule has 14 heteroatoms. The zero-order valence-corrected chi connectivity index (χ0v) is 22.1. The molecule has 0 fully saturated rings. The standard InChI is InChI=1S/C26H20Cl2F10O2/c1-12(5-16(39)11-24(30,31)32)6-22(40)17-4-3-14(8-19(17)26(36,37)38)21(29)10-18(25(33,34)35)15-7-13(2)23(28)20(27)9-15/h3-4,7-10,12,18H,5-6,11H2,1-2H3/b21-10-/t12-,18?/m1/s1. The Morgan fingerprint density at radius 1 is 0.925 bits per heavy atom. The lowest BCUT2D eigenvalue weighted by atomic mass is 9.91. The van der Waals surface area contributed by atoms with Gasteiger partial charge >= 0.3 is 18.5 Å². The van der Waals surface area contributed by atoms with Gasteiger partial charge in [0.05, 0.1) is 15.6 Å². The monoisotopic (exact) mass is 624 g/mol. The second-order valence-corrected chi connectivity index (χ2v) is 9.98. The second kappa shape index (κ2) is 12.5. The summed E-state index contributed by atoms with van der Waals surface area (Å²) in [4.78, 5) is 24.0. The van der Waals surface area contributed by atoms with Crippen LogP contribution in [0.2, 0.25) is 10.0 Å². The molecule has 0 bridgehead atoms. The summed E-state index contributed by atoms with van der Waals surface area (Å²) >= 11 is 11.7. The molecule has 0 heterocycles. The molecule has 0 aromatic heterocycles. The highest BCUT2D eigenvalue weighted by molar-refractivity contribution is 6.42. The molecule has 2 atom stereocenters. The fourth-order valence-electron chi connectivity index (χ4n) is 3.91. The number of halogens is 12. The van der Waals surface area contributed by atoms with Crippen molar-refractivity contribution in [3.63, 3.8) is 0 Å². The molecule has 2 nitrogen and oxygen atoms in total. The van der Waals surface area contributed by atoms with Crippen LogP contribution in [0.1, 0.15) is 64.7 Å². The number of allylic oxidation sites excluding steroid dienone is 1. The molecule has 0 N–H and O–H groups in total. The van der Waals surface area contributed by atoms with Crippen molar-refractivity contribution in [2.75, 3.05) is 0 Å². The Morgan fingerprint density at radius 2 is 1.52 bits per heavy atom. The summed E-state index contributed by atoms with van der Waals surface area (Å²) < 4.78 is 135. The van der Waals surface area contributed by atoms with Gasteiger partial charge in [-0.25, -0.2) is 4.39 Å². The van der Waals surface area contributed by atoms with Crippen LogP contribution in [0.25, 0.3) is 5.83 Å². The number of hydrogen-bond donors (Lipinski definition) is 0. The van der Waals surface area contributed by atoms with Gasteiger partial charge in [0, 0.05) is 24.0 Å². The zero-order chi connectivity index (χ0) is 30.8. The van der Waals surface area contributed by atoms with Gasteiger partial charge in [-0.15, -0.1) is 0 Å². The molecule has 0 spiro atoms. The first kappa shape index (κ1) is 33.6. The highest BCUT2D eigenvalue weighted by atomic mass is 35.5. The molecule has 220 valence electrons. The van der Waals surface area contributed by atoms with E-state index in [4.69, 9.17) is 23.2 Å². The normalized spacial score (nSPS) is 14.7. The Balaban J connectivity index is 2.44. The quantitative estimate of drug-likeness (QED) is 0.205. The van der Waals surface area contributed by atoms with Crippen LogP contribution in [-0.4, -0.2) is 23.9 Å². The largest absolute Gasteiger partial charge is 0.417 e. The zero-order valence-electron chi connectivity index (χ0n) is 20.6. The molecule has 0 saturated heterocycles. The third-order valence-corrected chi connectivity index (χ3v) is 6.56. The summed E-state index contributed by atoms with van der Waals surface area (Å²) in [6.45, 7) is 2.54. The SMILES string of the molecule is Cc1cc(C(/C=C(\F)c2ccc(C(=O)C[C@H](C)CC(=O)CC(F)(F)F)c(C(F)(F)F)c2)C(F)(F)F)cc(Cl)c1Cl. The Hall–Kier alpha value is -2.60. The van der Waals surface area contributed by atoms with Crippen LogP contribution in [0, 0.1) is 12.8 Å². The number of rotatable bonds is 9. The van der Waals surface area contributed by atoms with E-state index in [0.29, 0.717) is 12.1 Å². The van der Waals surface area contributed by atoms with Gasteiger partial charge in [0.15, 0.2) is 5.78 Å². The number of Topliss-reactive ketones (excluding diaryl/α,β-unsaturated/α-hetero) is 2. The third-order valence-electron chi connectivity index (χ3n) is 5.67. The minimum Gasteiger partial charge on any atom is -0.299 e. The van der Waals surface area contributed by atoms with Gasteiger partial charge in [0.25, 0.3) is 0 Å². The van der Waals surface area contributed by atoms with Crippen molar-refractivity contribution in [2.24, 2.45) is 5.92 Å². The molecule has 0 amide bonds. The molecule has 0 saturated carbocycles. The molecule has 0 aliphatic carbocycles. The van der Waals surface area contributed by atoms with Crippen molar-refractivity contribution < 1.29 is 53.5 Å². The number of carbonyl (C=O) groups is 2. The van der Waals surface area contributed by atoms with Crippen molar-refractivity contribution >= 4 is 40.6 Å². The molecule has 2 aromatic rings. The number of aryl methyl sites for hydroxylation is 1. The summed E-state index contributed by atoms with van der Waals surface area (Å²) in [5.74, 6) is -7.81. The maximum absolute atomic E-state index is 15.0. The van der Waals surface area contributed by atoms with Gasteiger partial charge in [-0.2, -0.15) is 39.5 Å². The van der Waals surface area contributed by atoms with Crippen LogP contribution in [0.4, 0.5) is 43.9 Å². The summed E-state index contributed by atoms with van der Waals surface area (Å²) in [6, 6.07) is 3.24. The minimum absolute atomic E-state index is 0.0371. The molecular weight excluding hydrogens is 605 g/mol. The van der Waals surface area contributed by atoms with Crippen LogP contribution in [0.3, 0.4) is 0 Å². The Kier molecular flexibility index (Phi) is 10.5. The molecular formula is C26H20Cl2F10O2. The lowest BCUT2D eigenvalue weighted by Crippen LogP contribution is -2.20. The Morgan fingerprint density at radius 3 is 2.02 bits per heavy atom. The van der Waals surface area contributed by atoms with Crippen LogP contribution in [0.5, 0.6) is 0 Å². The van der Waals surface area contributed by atoms with E-state index in [9.17, 15) is 53.5 Å². The first-order chi connectivity index (χ1) is 18.1. The van der Waals surface area contributed by atoms with Crippen LogP contribution in [0.15, 0.2) is 36.4 Å². The van der Waals surface area contributed by atoms with Crippen molar-refractivity contribution in [2.45, 2.75) is 57.6 Å². The molecule has 0 aliphatic rings. The Bertz CT molecular complexity index is 1270. The van der Waals surface area contributed by atoms with Crippen molar-refractivity contribution in [1.82, 2.24) is 0 Å². The van der Waals surface area contributed by atoms with Crippen LogP contribution >= 0.6 is 23.2 Å². The molecule has 0 radical (unpaired) electrons. The molecule has 0 aliphatic heterocycles. The smallest absolute Gasteiger partial charge is 0.299 e. The minimum atomic E-state index is -5.25. The fourth-order valence-corrected chi connectivity index (χ4v) is 4.29. The van der Waals surface area contributed by atoms with E-state index in [-0.39, 0.29) is 27.8 Å². The van der Waals surface area contributed by atoms with E-state index < -0.39 is 89.3 Å². The summed E-state index contributed by atoms with van der Waals surface area (Å²) in [5.41, 5.74) is -3.94. The number of benzene rings is 2. The van der Waals surface area contributed by atoms with Gasteiger partial charge < -0.3 is 0 Å². The topological polar surface area (TPSA) is 34.1 Å². The number of ketones is 2. The van der Waals surface area contributed by atoms with Crippen LogP contribution < -0.4 is 0 Å². The highest BCUT2D eigenvalue weighted by Crippen LogP contribution is 2.42. The average molecular weight is 625 g/mol. The van der Waals surface area contributed by atoms with E-state index in [1.54, 1.807) is 0 Å². The van der Waals surface area contributed by atoms with E-state index in [1.807, 2.05) is 0 Å². The lowest BCUT2D eigenvalue weighted by molar-refractivity contribution is -0.152.